The molecule has 1 N–H and O–H groups in total. The van der Waals surface area contributed by atoms with Crippen LogP contribution in [-0.4, -0.2) is 54.6 Å². The fourth-order valence-corrected chi connectivity index (χ4v) is 3.57. The average molecular weight is 345 g/mol. The normalized spacial score (nSPS) is 25.0. The first-order valence-electron chi connectivity index (χ1n) is 9.04. The van der Waals surface area contributed by atoms with Crippen molar-refractivity contribution in [3.05, 3.63) is 23.8 Å². The van der Waals surface area contributed by atoms with Crippen LogP contribution in [0.1, 0.15) is 69.5 Å². The Hall–Kier alpha value is -1.80. The molecule has 0 aromatic carbocycles. The molecule has 2 aromatic rings. The SMILES string of the molecule is CO[C@@H]1C[C@@H](c2nc(C3CC3)n[nH]2)N(Cc2ncnn2C(C)(C)C)C1. The van der Waals surface area contributed by atoms with Gasteiger partial charge in [-0.3, -0.25) is 10.00 Å². The van der Waals surface area contributed by atoms with Gasteiger partial charge in [0.05, 0.1) is 24.2 Å². The van der Waals surface area contributed by atoms with Gasteiger partial charge in [-0.2, -0.15) is 10.2 Å². The molecule has 0 radical (unpaired) electrons. The molecule has 0 amide bonds. The number of methoxy groups -OCH3 is 1. The summed E-state index contributed by atoms with van der Waals surface area (Å²) >= 11 is 0. The molecule has 8 heteroatoms. The Morgan fingerprint density at radius 3 is 2.80 bits per heavy atom. The molecular weight excluding hydrogens is 318 g/mol. The first-order chi connectivity index (χ1) is 12.0. The summed E-state index contributed by atoms with van der Waals surface area (Å²) in [5.74, 6) is 3.44. The van der Waals surface area contributed by atoms with Crippen molar-refractivity contribution in [1.82, 2.24) is 34.8 Å². The van der Waals surface area contributed by atoms with Gasteiger partial charge in [0.15, 0.2) is 5.82 Å². The average Bonchev–Trinajstić information content (AvgIpc) is 3.00. The highest BCUT2D eigenvalue weighted by Crippen LogP contribution is 2.39. The summed E-state index contributed by atoms with van der Waals surface area (Å²) in [4.78, 5) is 11.6. The highest BCUT2D eigenvalue weighted by Gasteiger charge is 2.37. The van der Waals surface area contributed by atoms with Crippen LogP contribution in [-0.2, 0) is 16.8 Å². The number of hydrogen-bond acceptors (Lipinski definition) is 6. The zero-order chi connectivity index (χ0) is 17.6. The Labute approximate surface area is 148 Å². The van der Waals surface area contributed by atoms with E-state index < -0.39 is 0 Å². The zero-order valence-electron chi connectivity index (χ0n) is 15.4. The van der Waals surface area contributed by atoms with Crippen LogP contribution in [0, 0.1) is 0 Å². The van der Waals surface area contributed by atoms with E-state index in [9.17, 15) is 0 Å². The van der Waals surface area contributed by atoms with Crippen molar-refractivity contribution in [2.24, 2.45) is 0 Å². The number of likely N-dealkylation sites (tertiary alicyclic amines) is 1. The molecule has 0 bridgehead atoms. The highest BCUT2D eigenvalue weighted by molar-refractivity contribution is 5.09. The van der Waals surface area contributed by atoms with Crippen LogP contribution >= 0.6 is 0 Å². The number of hydrogen-bond donors (Lipinski definition) is 1. The van der Waals surface area contributed by atoms with Gasteiger partial charge in [-0.25, -0.2) is 14.6 Å². The fourth-order valence-electron chi connectivity index (χ4n) is 3.57. The minimum atomic E-state index is -0.0902. The third-order valence-corrected chi connectivity index (χ3v) is 5.07. The largest absolute Gasteiger partial charge is 0.380 e. The molecule has 0 unspecified atom stereocenters. The first kappa shape index (κ1) is 16.7. The number of ether oxygens (including phenoxy) is 1. The van der Waals surface area contributed by atoms with E-state index in [0.717, 1.165) is 37.0 Å². The van der Waals surface area contributed by atoms with Gasteiger partial charge in [-0.15, -0.1) is 0 Å². The van der Waals surface area contributed by atoms with Crippen molar-refractivity contribution in [2.45, 2.75) is 70.2 Å². The van der Waals surface area contributed by atoms with Crippen LogP contribution in [0.5, 0.6) is 0 Å². The van der Waals surface area contributed by atoms with Gasteiger partial charge >= 0.3 is 0 Å². The van der Waals surface area contributed by atoms with Gasteiger partial charge < -0.3 is 4.74 Å². The second-order valence-corrected chi connectivity index (χ2v) is 8.15. The van der Waals surface area contributed by atoms with Crippen molar-refractivity contribution < 1.29 is 4.74 Å². The summed E-state index contributed by atoms with van der Waals surface area (Å²) in [7, 11) is 1.78. The van der Waals surface area contributed by atoms with Gasteiger partial charge in [0, 0.05) is 19.6 Å². The van der Waals surface area contributed by atoms with Gasteiger partial charge in [-0.1, -0.05) is 0 Å². The molecule has 136 valence electrons. The second-order valence-electron chi connectivity index (χ2n) is 8.15. The lowest BCUT2D eigenvalue weighted by atomic mass is 10.1. The molecule has 8 nitrogen and oxygen atoms in total. The maximum atomic E-state index is 5.63. The standard InChI is InChI=1S/C17H27N7O/c1-17(2,3)24-14(18-10-19-24)9-23-8-12(25-4)7-13(23)16-20-15(21-22-16)11-5-6-11/h10-13H,5-9H2,1-4H3,(H,20,21,22)/t12-,13+/m1/s1. The van der Waals surface area contributed by atoms with Crippen LogP contribution in [0.3, 0.4) is 0 Å². The number of nitrogens with one attached hydrogen (secondary N) is 1. The van der Waals surface area contributed by atoms with Crippen molar-refractivity contribution in [3.8, 4) is 0 Å². The van der Waals surface area contributed by atoms with Crippen LogP contribution < -0.4 is 0 Å². The Morgan fingerprint density at radius 2 is 2.12 bits per heavy atom. The zero-order valence-corrected chi connectivity index (χ0v) is 15.4. The number of aromatic amines is 1. The Balaban J connectivity index is 1.56. The van der Waals surface area contributed by atoms with Crippen LogP contribution in [0.4, 0.5) is 0 Å². The molecule has 25 heavy (non-hydrogen) atoms. The van der Waals surface area contributed by atoms with E-state index in [0.29, 0.717) is 5.92 Å². The Bertz CT molecular complexity index is 727. The molecule has 0 spiro atoms. The summed E-state index contributed by atoms with van der Waals surface area (Å²) in [5.41, 5.74) is -0.0902. The van der Waals surface area contributed by atoms with Crippen LogP contribution in [0.25, 0.3) is 0 Å². The van der Waals surface area contributed by atoms with E-state index in [4.69, 9.17) is 9.72 Å². The summed E-state index contributed by atoms with van der Waals surface area (Å²) in [6.07, 6.45) is 5.17. The van der Waals surface area contributed by atoms with E-state index >= 15 is 0 Å². The van der Waals surface area contributed by atoms with Gasteiger partial charge in [-0.05, 0) is 40.0 Å². The highest BCUT2D eigenvalue weighted by atomic mass is 16.5. The first-order valence-corrected chi connectivity index (χ1v) is 9.04. The van der Waals surface area contributed by atoms with Crippen LogP contribution in [0.15, 0.2) is 6.33 Å². The quantitative estimate of drug-likeness (QED) is 0.892. The van der Waals surface area contributed by atoms with Crippen LogP contribution in [0.2, 0.25) is 0 Å². The van der Waals surface area contributed by atoms with E-state index in [1.54, 1.807) is 13.4 Å². The molecule has 2 aliphatic rings. The number of aromatic nitrogens is 6. The molecule has 4 rings (SSSR count). The molecule has 2 aromatic heterocycles. The Morgan fingerprint density at radius 1 is 1.32 bits per heavy atom. The maximum absolute atomic E-state index is 5.63. The number of rotatable bonds is 5. The minimum absolute atomic E-state index is 0.0902. The lowest BCUT2D eigenvalue weighted by molar-refractivity contribution is 0.106. The summed E-state index contributed by atoms with van der Waals surface area (Å²) in [6, 6.07) is 0.176. The smallest absolute Gasteiger partial charge is 0.153 e. The summed E-state index contributed by atoms with van der Waals surface area (Å²) in [6.45, 7) is 8.01. The van der Waals surface area contributed by atoms with Gasteiger partial charge in [0.1, 0.15) is 18.0 Å². The third-order valence-electron chi connectivity index (χ3n) is 5.07. The lowest BCUT2D eigenvalue weighted by Gasteiger charge is -2.25. The van der Waals surface area contributed by atoms with Gasteiger partial charge in [0.2, 0.25) is 0 Å². The lowest BCUT2D eigenvalue weighted by Crippen LogP contribution is -2.31. The van der Waals surface area contributed by atoms with Crippen molar-refractivity contribution in [2.75, 3.05) is 13.7 Å². The minimum Gasteiger partial charge on any atom is -0.380 e. The molecule has 1 aliphatic heterocycles. The summed E-state index contributed by atoms with van der Waals surface area (Å²) in [5, 5.41) is 12.0. The third kappa shape index (κ3) is 3.32. The monoisotopic (exact) mass is 345 g/mol. The van der Waals surface area contributed by atoms with E-state index in [-0.39, 0.29) is 17.7 Å². The molecule has 1 saturated carbocycles. The van der Waals surface area contributed by atoms with Crippen molar-refractivity contribution >= 4 is 0 Å². The Kier molecular flexibility index (Phi) is 4.11. The predicted octanol–water partition coefficient (Wildman–Crippen LogP) is 1.99. The maximum Gasteiger partial charge on any atom is 0.153 e. The van der Waals surface area contributed by atoms with E-state index in [2.05, 4.69) is 46.0 Å². The van der Waals surface area contributed by atoms with E-state index in [1.165, 1.54) is 12.8 Å². The van der Waals surface area contributed by atoms with Gasteiger partial charge in [0.25, 0.3) is 0 Å². The van der Waals surface area contributed by atoms with E-state index in [1.807, 2.05) is 4.68 Å². The molecular formula is C17H27N7O. The van der Waals surface area contributed by atoms with Crippen molar-refractivity contribution in [3.63, 3.8) is 0 Å². The van der Waals surface area contributed by atoms with Crippen molar-refractivity contribution in [1.29, 1.82) is 0 Å². The molecule has 1 saturated heterocycles. The molecule has 2 fully saturated rings. The molecule has 1 aliphatic carbocycles. The predicted molar refractivity (Wildman–Crippen MR) is 91.9 cm³/mol. The molecule has 3 heterocycles. The molecule has 2 atom stereocenters. The topological polar surface area (TPSA) is 84.8 Å². The fraction of sp³-hybridized carbons (Fsp3) is 0.765. The number of H-pyrrole nitrogens is 1. The summed E-state index contributed by atoms with van der Waals surface area (Å²) < 4.78 is 7.63. The number of nitrogens with zero attached hydrogens (tertiary/aromatic N) is 6. The second kappa shape index (κ2) is 6.17.